The molecule has 2 rings (SSSR count). The number of nitrogens with one attached hydrogen (secondary N) is 5. The Balaban J connectivity index is 1.96. The van der Waals surface area contributed by atoms with Gasteiger partial charge in [-0.1, -0.05) is 0 Å². The number of halogens is 1. The third kappa shape index (κ3) is 13.3. The molecule has 2 aromatic heterocycles. The van der Waals surface area contributed by atoms with E-state index in [-0.39, 0.29) is 36.3 Å². The highest BCUT2D eigenvalue weighted by Crippen LogP contribution is 2.16. The van der Waals surface area contributed by atoms with Crippen LogP contribution >= 0.6 is 0 Å². The molecule has 0 aliphatic carbocycles. The molecule has 236 valence electrons. The summed E-state index contributed by atoms with van der Waals surface area (Å²) < 4.78 is 25.4. The van der Waals surface area contributed by atoms with Gasteiger partial charge in [0.05, 0.1) is 5.56 Å². The Labute approximate surface area is 248 Å². The fourth-order valence-electron chi connectivity index (χ4n) is 3.51. The molecule has 0 aliphatic rings. The summed E-state index contributed by atoms with van der Waals surface area (Å²) in [4.78, 5) is 70.9. The molecule has 15 heteroatoms. The number of rotatable bonds is 13. The van der Waals surface area contributed by atoms with Gasteiger partial charge in [0, 0.05) is 32.5 Å². The maximum atomic E-state index is 14.8. The first-order chi connectivity index (χ1) is 19.9. The molecule has 5 N–H and O–H groups in total. The Hall–Kier alpha value is -4.56. The second kappa shape index (κ2) is 15.1. The molecule has 1 atom stereocenters. The predicted octanol–water partition coefficient (Wildman–Crippen LogP) is 2.74. The highest BCUT2D eigenvalue weighted by molar-refractivity contribution is 5.97. The summed E-state index contributed by atoms with van der Waals surface area (Å²) in [5.41, 5.74) is -2.41. The second-order valence-electron chi connectivity index (χ2n) is 11.6. The van der Waals surface area contributed by atoms with Gasteiger partial charge in [-0.3, -0.25) is 29.5 Å². The second-order valence-corrected chi connectivity index (χ2v) is 11.6. The van der Waals surface area contributed by atoms with Crippen molar-refractivity contribution in [2.75, 3.05) is 29.0 Å². The maximum absolute atomic E-state index is 14.8. The minimum Gasteiger partial charge on any atom is -0.460 e. The lowest BCUT2D eigenvalue weighted by molar-refractivity contribution is -0.158. The van der Waals surface area contributed by atoms with Crippen LogP contribution in [0.4, 0.5) is 22.0 Å². The first-order valence-electron chi connectivity index (χ1n) is 13.7. The zero-order valence-corrected chi connectivity index (χ0v) is 25.5. The summed E-state index contributed by atoms with van der Waals surface area (Å²) in [6.07, 6.45) is 0.234. The van der Waals surface area contributed by atoms with Crippen molar-refractivity contribution in [1.29, 1.82) is 0 Å². The summed E-state index contributed by atoms with van der Waals surface area (Å²) in [5, 5.41) is 10.7. The van der Waals surface area contributed by atoms with Crippen LogP contribution in [-0.2, 0) is 23.9 Å². The van der Waals surface area contributed by atoms with Crippen LogP contribution in [-0.4, -0.2) is 69.0 Å². The van der Waals surface area contributed by atoms with E-state index in [2.05, 4.69) is 36.2 Å². The normalized spacial score (nSPS) is 12.1. The number of nitrogens with zero attached hydrogens (tertiary/aromatic N) is 2. The van der Waals surface area contributed by atoms with E-state index in [1.165, 1.54) is 25.1 Å². The van der Waals surface area contributed by atoms with E-state index >= 15 is 0 Å². The zero-order valence-electron chi connectivity index (χ0n) is 25.5. The van der Waals surface area contributed by atoms with E-state index in [1.54, 1.807) is 41.5 Å². The fourth-order valence-corrected chi connectivity index (χ4v) is 3.51. The zero-order chi connectivity index (χ0) is 32.4. The van der Waals surface area contributed by atoms with Gasteiger partial charge in [0.15, 0.2) is 0 Å². The molecule has 0 unspecified atom stereocenters. The van der Waals surface area contributed by atoms with E-state index in [9.17, 15) is 28.4 Å². The minimum absolute atomic E-state index is 0.0184. The molecule has 0 radical (unpaired) electrons. The average Bonchev–Trinajstić information content (AvgIpc) is 2.83. The SMILES string of the molecule is CC(=O)Nc1nc(NCCCNc2ccc(C(=O)N[C@@H](CCC(=O)OC(C)(C)C)C(=O)OC(C)(C)C)c(F)n2)cc(=O)[nH]1. The quantitative estimate of drug-likeness (QED) is 0.128. The third-order valence-corrected chi connectivity index (χ3v) is 5.15. The lowest BCUT2D eigenvalue weighted by Gasteiger charge is -2.25. The van der Waals surface area contributed by atoms with Crippen molar-refractivity contribution in [2.24, 2.45) is 0 Å². The van der Waals surface area contributed by atoms with Crippen LogP contribution < -0.4 is 26.8 Å². The van der Waals surface area contributed by atoms with Gasteiger partial charge in [-0.25, -0.2) is 9.78 Å². The standard InChI is InChI=1S/C28H40FN7O7/c1-16(37)32-26-35-20(15-21(38)36-26)31-14-8-13-30-19-11-9-17(23(29)34-19)24(40)33-18(25(41)43-28(5,6)7)10-12-22(39)42-27(2,3)4/h9,11,15,18H,8,10,12-14H2,1-7H3,(H,30,34)(H,33,40)(H3,31,32,35,36,37,38)/t18-/m0/s1. The molecule has 0 aliphatic heterocycles. The van der Waals surface area contributed by atoms with Crippen molar-refractivity contribution >= 4 is 41.3 Å². The van der Waals surface area contributed by atoms with Crippen molar-refractivity contribution in [3.05, 3.63) is 40.1 Å². The molecule has 2 aromatic rings. The van der Waals surface area contributed by atoms with Crippen molar-refractivity contribution < 1.29 is 33.0 Å². The van der Waals surface area contributed by atoms with Gasteiger partial charge in [0.2, 0.25) is 17.8 Å². The number of pyridine rings is 1. The number of carbonyl (C=O) groups is 4. The van der Waals surface area contributed by atoms with Crippen molar-refractivity contribution in [3.8, 4) is 0 Å². The Morgan fingerprint density at radius 2 is 1.58 bits per heavy atom. The Morgan fingerprint density at radius 1 is 0.953 bits per heavy atom. The molecule has 0 fully saturated rings. The molecule has 14 nitrogen and oxygen atoms in total. The van der Waals surface area contributed by atoms with Crippen LogP contribution in [0.15, 0.2) is 23.0 Å². The fraction of sp³-hybridized carbons (Fsp3) is 0.536. The van der Waals surface area contributed by atoms with Gasteiger partial charge in [-0.2, -0.15) is 9.37 Å². The van der Waals surface area contributed by atoms with E-state index in [1.807, 2.05) is 0 Å². The largest absolute Gasteiger partial charge is 0.460 e. The lowest BCUT2D eigenvalue weighted by atomic mass is 10.1. The number of amides is 2. The first kappa shape index (κ1) is 34.6. The Morgan fingerprint density at radius 3 is 2.16 bits per heavy atom. The number of carbonyl (C=O) groups excluding carboxylic acids is 4. The molecule has 43 heavy (non-hydrogen) atoms. The number of ether oxygens (including phenoxy) is 2. The molecular weight excluding hydrogens is 565 g/mol. The van der Waals surface area contributed by atoms with Gasteiger partial charge < -0.3 is 25.4 Å². The number of esters is 2. The Kier molecular flexibility index (Phi) is 12.1. The van der Waals surface area contributed by atoms with Crippen LogP contribution in [0.2, 0.25) is 0 Å². The third-order valence-electron chi connectivity index (χ3n) is 5.15. The number of H-pyrrole nitrogens is 1. The van der Waals surface area contributed by atoms with Crippen molar-refractivity contribution in [2.45, 2.75) is 85.0 Å². The lowest BCUT2D eigenvalue weighted by Crippen LogP contribution is -2.45. The van der Waals surface area contributed by atoms with E-state index < -0.39 is 52.2 Å². The number of hydrogen-bond acceptors (Lipinski definition) is 11. The van der Waals surface area contributed by atoms with E-state index in [0.29, 0.717) is 19.5 Å². The highest BCUT2D eigenvalue weighted by Gasteiger charge is 2.29. The summed E-state index contributed by atoms with van der Waals surface area (Å²) in [7, 11) is 0. The molecule has 0 saturated carbocycles. The monoisotopic (exact) mass is 605 g/mol. The van der Waals surface area contributed by atoms with Crippen LogP contribution in [0.5, 0.6) is 0 Å². The van der Waals surface area contributed by atoms with Crippen LogP contribution in [0, 0.1) is 5.95 Å². The van der Waals surface area contributed by atoms with Crippen LogP contribution in [0.3, 0.4) is 0 Å². The minimum atomic E-state index is -1.23. The summed E-state index contributed by atoms with van der Waals surface area (Å²) >= 11 is 0. The van der Waals surface area contributed by atoms with Gasteiger partial charge >= 0.3 is 11.9 Å². The van der Waals surface area contributed by atoms with Crippen molar-refractivity contribution in [1.82, 2.24) is 20.3 Å². The van der Waals surface area contributed by atoms with Gasteiger partial charge in [-0.05, 0) is 66.5 Å². The molecule has 0 bridgehead atoms. The number of anilines is 3. The molecule has 2 amide bonds. The van der Waals surface area contributed by atoms with E-state index in [4.69, 9.17) is 9.47 Å². The van der Waals surface area contributed by atoms with Crippen LogP contribution in [0.1, 0.15) is 78.1 Å². The summed E-state index contributed by atoms with van der Waals surface area (Å²) in [6.45, 7) is 12.1. The number of aromatic nitrogens is 3. The molecule has 0 aromatic carbocycles. The maximum Gasteiger partial charge on any atom is 0.329 e. The topological polar surface area (TPSA) is 193 Å². The Bertz CT molecular complexity index is 1370. The average molecular weight is 606 g/mol. The highest BCUT2D eigenvalue weighted by atomic mass is 19.1. The van der Waals surface area contributed by atoms with Crippen molar-refractivity contribution in [3.63, 3.8) is 0 Å². The predicted molar refractivity (Wildman–Crippen MR) is 157 cm³/mol. The smallest absolute Gasteiger partial charge is 0.329 e. The van der Waals surface area contributed by atoms with Gasteiger partial charge in [0.1, 0.15) is 28.9 Å². The van der Waals surface area contributed by atoms with Gasteiger partial charge in [0.25, 0.3) is 11.5 Å². The molecule has 0 spiro atoms. The molecular formula is C28H40FN7O7. The summed E-state index contributed by atoms with van der Waals surface area (Å²) in [5.74, 6) is -3.21. The first-order valence-corrected chi connectivity index (χ1v) is 13.7. The number of hydrogen-bond donors (Lipinski definition) is 5. The van der Waals surface area contributed by atoms with Gasteiger partial charge in [-0.15, -0.1) is 0 Å². The number of aromatic amines is 1. The molecule has 0 saturated heterocycles. The van der Waals surface area contributed by atoms with Crippen LogP contribution in [0.25, 0.3) is 0 Å². The molecule has 2 heterocycles. The van der Waals surface area contributed by atoms with E-state index in [0.717, 1.165) is 0 Å². The summed E-state index contributed by atoms with van der Waals surface area (Å²) in [6, 6.07) is 2.65.